The van der Waals surface area contributed by atoms with Gasteiger partial charge in [-0.3, -0.25) is 4.79 Å². The van der Waals surface area contributed by atoms with Crippen molar-refractivity contribution in [2.45, 2.75) is 19.3 Å². The van der Waals surface area contributed by atoms with E-state index in [-0.39, 0.29) is 12.0 Å². The summed E-state index contributed by atoms with van der Waals surface area (Å²) in [7, 11) is 1.64. The van der Waals surface area contributed by atoms with Crippen LogP contribution in [0.4, 0.5) is 5.82 Å². The van der Waals surface area contributed by atoms with Gasteiger partial charge in [0.1, 0.15) is 17.7 Å². The number of rotatable bonds is 4. The number of piperazine rings is 1. The van der Waals surface area contributed by atoms with Gasteiger partial charge in [-0.1, -0.05) is 23.4 Å². The maximum atomic E-state index is 13.1. The van der Waals surface area contributed by atoms with E-state index in [1.165, 1.54) is 0 Å². The second-order valence-electron chi connectivity index (χ2n) is 7.61. The van der Waals surface area contributed by atoms with Crippen LogP contribution in [0.15, 0.2) is 48.7 Å². The number of aromatic nitrogens is 4. The molecule has 160 valence electrons. The van der Waals surface area contributed by atoms with Crippen LogP contribution in [0, 0.1) is 0 Å². The molecule has 5 rings (SSSR count). The molecule has 0 unspecified atom stereocenters. The Kier molecular flexibility index (Phi) is 5.25. The van der Waals surface area contributed by atoms with E-state index in [1.54, 1.807) is 18.0 Å². The second-order valence-corrected chi connectivity index (χ2v) is 7.61. The number of anilines is 1. The number of hydrogen-bond acceptors (Lipinski definition) is 7. The number of carbonyl (C=O) groups excluding carboxylic acids is 1. The maximum absolute atomic E-state index is 13.1. The van der Waals surface area contributed by atoms with E-state index in [2.05, 4.69) is 20.2 Å². The number of carbonyl (C=O) groups is 1. The van der Waals surface area contributed by atoms with Crippen LogP contribution in [0.2, 0.25) is 0 Å². The summed E-state index contributed by atoms with van der Waals surface area (Å²) in [6.45, 7) is 3.55. The molecule has 2 aliphatic rings. The summed E-state index contributed by atoms with van der Waals surface area (Å²) >= 11 is 0. The standard InChI is InChI=1S/C22H24N6O3/c1-30-17-7-5-16(6-8-17)19-14-28-18(15-31-19)21(24-25-28)22(29)27-12-10-26(11-13-27)20-4-2-3-9-23-20/h2-9,19H,10-15H2,1H3/t19-/m0/s1. The Bertz CT molecular complexity index is 1040. The van der Waals surface area contributed by atoms with Gasteiger partial charge < -0.3 is 19.3 Å². The largest absolute Gasteiger partial charge is 0.497 e. The number of pyridine rings is 1. The summed E-state index contributed by atoms with van der Waals surface area (Å²) in [6, 6.07) is 13.7. The Morgan fingerprint density at radius 3 is 2.61 bits per heavy atom. The average molecular weight is 420 g/mol. The molecular formula is C22H24N6O3. The first-order chi connectivity index (χ1) is 15.2. The quantitative estimate of drug-likeness (QED) is 0.637. The van der Waals surface area contributed by atoms with Crippen LogP contribution in [0.25, 0.3) is 0 Å². The zero-order valence-corrected chi connectivity index (χ0v) is 17.3. The fourth-order valence-corrected chi connectivity index (χ4v) is 4.03. The number of benzene rings is 1. The Morgan fingerprint density at radius 1 is 1.10 bits per heavy atom. The van der Waals surface area contributed by atoms with Crippen molar-refractivity contribution in [3.8, 4) is 5.75 Å². The van der Waals surface area contributed by atoms with Gasteiger partial charge in [0.05, 0.1) is 26.0 Å². The summed E-state index contributed by atoms with van der Waals surface area (Å²) in [5.74, 6) is 1.65. The molecule has 1 atom stereocenters. The Hall–Kier alpha value is -3.46. The summed E-state index contributed by atoms with van der Waals surface area (Å²) in [5, 5.41) is 8.44. The molecule has 2 aliphatic heterocycles. The number of methoxy groups -OCH3 is 1. The molecule has 9 nitrogen and oxygen atoms in total. The van der Waals surface area contributed by atoms with Crippen molar-refractivity contribution in [1.82, 2.24) is 24.9 Å². The van der Waals surface area contributed by atoms with E-state index in [4.69, 9.17) is 9.47 Å². The highest BCUT2D eigenvalue weighted by Gasteiger charge is 2.31. The van der Waals surface area contributed by atoms with Gasteiger partial charge in [-0.15, -0.1) is 5.10 Å². The summed E-state index contributed by atoms with van der Waals surface area (Å²) < 4.78 is 13.0. The molecule has 9 heteroatoms. The van der Waals surface area contributed by atoms with Gasteiger partial charge in [0, 0.05) is 32.4 Å². The van der Waals surface area contributed by atoms with Crippen LogP contribution in [0.1, 0.15) is 27.8 Å². The molecule has 4 heterocycles. The lowest BCUT2D eigenvalue weighted by molar-refractivity contribution is -0.00198. The maximum Gasteiger partial charge on any atom is 0.276 e. The molecule has 31 heavy (non-hydrogen) atoms. The van der Waals surface area contributed by atoms with Crippen molar-refractivity contribution >= 4 is 11.7 Å². The lowest BCUT2D eigenvalue weighted by Crippen LogP contribution is -2.49. The first-order valence-electron chi connectivity index (χ1n) is 10.4. The van der Waals surface area contributed by atoms with Crippen LogP contribution in [-0.2, 0) is 17.9 Å². The Labute approximate surface area is 180 Å². The van der Waals surface area contributed by atoms with Crippen LogP contribution in [-0.4, -0.2) is 64.1 Å². The molecule has 0 aliphatic carbocycles. The molecule has 3 aromatic rings. The molecule has 0 bridgehead atoms. The zero-order valence-electron chi connectivity index (χ0n) is 17.3. The molecule has 1 aromatic carbocycles. The third kappa shape index (κ3) is 3.84. The van der Waals surface area contributed by atoms with Gasteiger partial charge in [0.2, 0.25) is 0 Å². The number of amides is 1. The van der Waals surface area contributed by atoms with Crippen LogP contribution in [0.3, 0.4) is 0 Å². The van der Waals surface area contributed by atoms with Crippen molar-refractivity contribution in [2.24, 2.45) is 0 Å². The molecular weight excluding hydrogens is 396 g/mol. The minimum absolute atomic E-state index is 0.0894. The van der Waals surface area contributed by atoms with Crippen molar-refractivity contribution in [3.63, 3.8) is 0 Å². The number of hydrogen-bond donors (Lipinski definition) is 0. The lowest BCUT2D eigenvalue weighted by atomic mass is 10.1. The zero-order chi connectivity index (χ0) is 21.2. The number of ether oxygens (including phenoxy) is 2. The third-order valence-electron chi connectivity index (χ3n) is 5.83. The lowest BCUT2D eigenvalue weighted by Gasteiger charge is -2.35. The monoisotopic (exact) mass is 420 g/mol. The summed E-state index contributed by atoms with van der Waals surface area (Å²) in [4.78, 5) is 21.5. The minimum Gasteiger partial charge on any atom is -0.497 e. The van der Waals surface area contributed by atoms with E-state index in [1.807, 2.05) is 47.4 Å². The van der Waals surface area contributed by atoms with Crippen molar-refractivity contribution < 1.29 is 14.3 Å². The second kappa shape index (κ2) is 8.35. The van der Waals surface area contributed by atoms with Gasteiger partial charge in [-0.05, 0) is 29.8 Å². The third-order valence-corrected chi connectivity index (χ3v) is 5.83. The minimum atomic E-state index is -0.134. The number of nitrogens with zero attached hydrogens (tertiary/aromatic N) is 6. The SMILES string of the molecule is COc1ccc([C@@H]2Cn3nnc(C(=O)N4CCN(c5ccccn5)CC4)c3CO2)cc1. The predicted molar refractivity (Wildman–Crippen MR) is 113 cm³/mol. The van der Waals surface area contributed by atoms with Gasteiger partial charge in [-0.2, -0.15) is 0 Å². The highest BCUT2D eigenvalue weighted by atomic mass is 16.5. The predicted octanol–water partition coefficient (Wildman–Crippen LogP) is 1.92. The van der Waals surface area contributed by atoms with Crippen molar-refractivity contribution in [1.29, 1.82) is 0 Å². The summed E-state index contributed by atoms with van der Waals surface area (Å²) in [5.41, 5.74) is 2.17. The Balaban J connectivity index is 1.25. The van der Waals surface area contributed by atoms with Gasteiger partial charge in [0.25, 0.3) is 5.91 Å². The normalized spacial score (nSPS) is 18.5. The van der Waals surface area contributed by atoms with Gasteiger partial charge in [-0.25, -0.2) is 9.67 Å². The smallest absolute Gasteiger partial charge is 0.276 e. The molecule has 1 fully saturated rings. The first-order valence-corrected chi connectivity index (χ1v) is 10.4. The molecule has 0 saturated carbocycles. The topological polar surface area (TPSA) is 85.6 Å². The van der Waals surface area contributed by atoms with E-state index in [0.717, 1.165) is 35.9 Å². The average Bonchev–Trinajstić information content (AvgIpc) is 3.27. The van der Waals surface area contributed by atoms with E-state index >= 15 is 0 Å². The highest BCUT2D eigenvalue weighted by Crippen LogP contribution is 2.28. The Morgan fingerprint density at radius 2 is 1.90 bits per heavy atom. The van der Waals surface area contributed by atoms with Gasteiger partial charge >= 0.3 is 0 Å². The molecule has 0 radical (unpaired) electrons. The van der Waals surface area contributed by atoms with Crippen molar-refractivity contribution in [3.05, 3.63) is 65.6 Å². The van der Waals surface area contributed by atoms with E-state index < -0.39 is 0 Å². The van der Waals surface area contributed by atoms with Crippen LogP contribution in [0.5, 0.6) is 5.75 Å². The number of fused-ring (bicyclic) bond motifs is 1. The molecule has 0 N–H and O–H groups in total. The molecule has 2 aromatic heterocycles. The first kappa shape index (κ1) is 19.5. The molecule has 1 saturated heterocycles. The molecule has 1 amide bonds. The fourth-order valence-electron chi connectivity index (χ4n) is 4.03. The van der Waals surface area contributed by atoms with E-state index in [9.17, 15) is 4.79 Å². The van der Waals surface area contributed by atoms with Crippen LogP contribution < -0.4 is 9.64 Å². The fraction of sp³-hybridized carbons (Fsp3) is 0.364. The van der Waals surface area contributed by atoms with Crippen molar-refractivity contribution in [2.75, 3.05) is 38.2 Å². The summed E-state index contributed by atoms with van der Waals surface area (Å²) in [6.07, 6.45) is 1.65. The highest BCUT2D eigenvalue weighted by molar-refractivity contribution is 5.93. The molecule has 0 spiro atoms. The van der Waals surface area contributed by atoms with Gasteiger partial charge in [0.15, 0.2) is 5.69 Å². The van der Waals surface area contributed by atoms with Crippen LogP contribution >= 0.6 is 0 Å². The van der Waals surface area contributed by atoms with E-state index in [0.29, 0.717) is 31.9 Å².